The number of fused-ring (bicyclic) bond motifs is 1. The highest BCUT2D eigenvalue weighted by molar-refractivity contribution is 6.00. The van der Waals surface area contributed by atoms with Gasteiger partial charge in [0.25, 0.3) is 5.91 Å². The first-order valence-corrected chi connectivity index (χ1v) is 7.04. The first-order chi connectivity index (χ1) is 10.2. The SMILES string of the molecule is CCC1Oc2cc(O)ccc2N(Cc2ccccc2)C1=O. The van der Waals surface area contributed by atoms with Gasteiger partial charge in [0.05, 0.1) is 12.2 Å². The molecule has 4 heteroatoms. The van der Waals surface area contributed by atoms with Gasteiger partial charge in [-0.05, 0) is 24.1 Å². The predicted molar refractivity (Wildman–Crippen MR) is 80.4 cm³/mol. The van der Waals surface area contributed by atoms with Gasteiger partial charge in [0.2, 0.25) is 0 Å². The Balaban J connectivity index is 1.99. The summed E-state index contributed by atoms with van der Waals surface area (Å²) in [4.78, 5) is 14.3. The van der Waals surface area contributed by atoms with Crippen LogP contribution in [0.3, 0.4) is 0 Å². The molecule has 2 aromatic rings. The second-order valence-electron chi connectivity index (χ2n) is 5.08. The fourth-order valence-electron chi connectivity index (χ4n) is 2.50. The number of phenols is 1. The Bertz CT molecular complexity index is 654. The van der Waals surface area contributed by atoms with Crippen LogP contribution in [0.15, 0.2) is 48.5 Å². The molecular formula is C17H17NO3. The number of carbonyl (C=O) groups excluding carboxylic acids is 1. The van der Waals surface area contributed by atoms with Crippen LogP contribution in [0, 0.1) is 0 Å². The number of aromatic hydroxyl groups is 1. The van der Waals surface area contributed by atoms with Crippen LogP contribution in [-0.2, 0) is 11.3 Å². The van der Waals surface area contributed by atoms with E-state index in [0.29, 0.717) is 24.4 Å². The molecule has 0 saturated carbocycles. The summed E-state index contributed by atoms with van der Waals surface area (Å²) in [6.45, 7) is 2.41. The van der Waals surface area contributed by atoms with Gasteiger partial charge in [0.1, 0.15) is 11.5 Å². The van der Waals surface area contributed by atoms with Gasteiger partial charge < -0.3 is 14.7 Å². The van der Waals surface area contributed by atoms with E-state index in [2.05, 4.69) is 0 Å². The Morgan fingerprint density at radius 3 is 2.67 bits per heavy atom. The van der Waals surface area contributed by atoms with Crippen molar-refractivity contribution in [2.45, 2.75) is 26.0 Å². The summed E-state index contributed by atoms with van der Waals surface area (Å²) >= 11 is 0. The van der Waals surface area contributed by atoms with E-state index in [4.69, 9.17) is 4.74 Å². The van der Waals surface area contributed by atoms with Crippen LogP contribution in [0.1, 0.15) is 18.9 Å². The molecule has 0 fully saturated rings. The van der Waals surface area contributed by atoms with Gasteiger partial charge in [0.15, 0.2) is 6.10 Å². The quantitative estimate of drug-likeness (QED) is 0.941. The molecule has 2 aromatic carbocycles. The van der Waals surface area contributed by atoms with Crippen molar-refractivity contribution in [3.8, 4) is 11.5 Å². The van der Waals surface area contributed by atoms with Gasteiger partial charge in [-0.25, -0.2) is 0 Å². The largest absolute Gasteiger partial charge is 0.508 e. The summed E-state index contributed by atoms with van der Waals surface area (Å²) in [7, 11) is 0. The van der Waals surface area contributed by atoms with E-state index in [1.54, 1.807) is 23.1 Å². The minimum Gasteiger partial charge on any atom is -0.508 e. The number of hydrogen-bond acceptors (Lipinski definition) is 3. The van der Waals surface area contributed by atoms with Gasteiger partial charge in [0, 0.05) is 6.07 Å². The number of nitrogens with zero attached hydrogens (tertiary/aromatic N) is 1. The average molecular weight is 283 g/mol. The van der Waals surface area contributed by atoms with Crippen molar-refractivity contribution >= 4 is 11.6 Å². The molecule has 0 aliphatic carbocycles. The standard InChI is InChI=1S/C17H17NO3/c1-2-15-17(20)18(11-12-6-4-3-5-7-12)14-9-8-13(19)10-16(14)21-15/h3-10,15,19H,2,11H2,1H3. The van der Waals surface area contributed by atoms with Crippen molar-refractivity contribution in [2.24, 2.45) is 0 Å². The Labute approximate surface area is 123 Å². The fourth-order valence-corrected chi connectivity index (χ4v) is 2.50. The van der Waals surface area contributed by atoms with Crippen LogP contribution in [0.5, 0.6) is 11.5 Å². The molecule has 0 aromatic heterocycles. The molecular weight excluding hydrogens is 266 g/mol. The summed E-state index contributed by atoms with van der Waals surface area (Å²) in [6, 6.07) is 14.7. The second-order valence-corrected chi connectivity index (χ2v) is 5.08. The molecule has 0 saturated heterocycles. The summed E-state index contributed by atoms with van der Waals surface area (Å²) in [5, 5.41) is 9.61. The molecule has 108 valence electrons. The topological polar surface area (TPSA) is 49.8 Å². The molecule has 0 radical (unpaired) electrons. The Hall–Kier alpha value is -2.49. The number of benzene rings is 2. The normalized spacial score (nSPS) is 17.3. The molecule has 3 rings (SSSR count). The molecule has 0 bridgehead atoms. The molecule has 1 amide bonds. The fraction of sp³-hybridized carbons (Fsp3) is 0.235. The molecule has 0 spiro atoms. The summed E-state index contributed by atoms with van der Waals surface area (Å²) < 4.78 is 5.69. The molecule has 1 atom stereocenters. The van der Waals surface area contributed by atoms with Crippen LogP contribution in [0.4, 0.5) is 5.69 Å². The second kappa shape index (κ2) is 5.48. The molecule has 21 heavy (non-hydrogen) atoms. The van der Waals surface area contributed by atoms with Crippen molar-refractivity contribution < 1.29 is 14.6 Å². The van der Waals surface area contributed by atoms with Gasteiger partial charge >= 0.3 is 0 Å². The van der Waals surface area contributed by atoms with Crippen LogP contribution < -0.4 is 9.64 Å². The van der Waals surface area contributed by atoms with E-state index >= 15 is 0 Å². The van der Waals surface area contributed by atoms with Crippen LogP contribution in [0.2, 0.25) is 0 Å². The zero-order valence-electron chi connectivity index (χ0n) is 11.8. The third kappa shape index (κ3) is 2.57. The van der Waals surface area contributed by atoms with Crippen molar-refractivity contribution in [1.29, 1.82) is 0 Å². The third-order valence-electron chi connectivity index (χ3n) is 3.60. The van der Waals surface area contributed by atoms with E-state index in [1.165, 1.54) is 0 Å². The van der Waals surface area contributed by atoms with E-state index in [-0.39, 0.29) is 11.7 Å². The van der Waals surface area contributed by atoms with Crippen LogP contribution in [0.25, 0.3) is 0 Å². The first kappa shape index (κ1) is 13.5. The van der Waals surface area contributed by atoms with Gasteiger partial charge in [-0.2, -0.15) is 0 Å². The van der Waals surface area contributed by atoms with E-state index in [0.717, 1.165) is 5.56 Å². The maximum absolute atomic E-state index is 12.5. The maximum atomic E-state index is 12.5. The Morgan fingerprint density at radius 2 is 1.95 bits per heavy atom. The summed E-state index contributed by atoms with van der Waals surface area (Å²) in [5.41, 5.74) is 1.76. The minimum absolute atomic E-state index is 0.0421. The zero-order valence-corrected chi connectivity index (χ0v) is 11.8. The molecule has 1 heterocycles. The van der Waals surface area contributed by atoms with E-state index in [1.807, 2.05) is 37.3 Å². The predicted octanol–water partition coefficient (Wildman–Crippen LogP) is 3.10. The third-order valence-corrected chi connectivity index (χ3v) is 3.60. The lowest BCUT2D eigenvalue weighted by atomic mass is 10.1. The lowest BCUT2D eigenvalue weighted by Gasteiger charge is -2.34. The van der Waals surface area contributed by atoms with Crippen LogP contribution in [-0.4, -0.2) is 17.1 Å². The summed E-state index contributed by atoms with van der Waals surface area (Å²) in [6.07, 6.45) is 0.0992. The molecule has 1 unspecified atom stereocenters. The number of ether oxygens (including phenoxy) is 1. The van der Waals surface area contributed by atoms with Crippen molar-refractivity contribution in [3.63, 3.8) is 0 Å². The summed E-state index contributed by atoms with van der Waals surface area (Å²) in [5.74, 6) is 0.648. The van der Waals surface area contributed by atoms with Crippen molar-refractivity contribution in [2.75, 3.05) is 4.90 Å². The number of phenolic OH excluding ortho intramolecular Hbond substituents is 1. The highest BCUT2D eigenvalue weighted by Gasteiger charge is 2.33. The van der Waals surface area contributed by atoms with Gasteiger partial charge in [-0.15, -0.1) is 0 Å². The number of carbonyl (C=O) groups is 1. The lowest BCUT2D eigenvalue weighted by molar-refractivity contribution is -0.126. The van der Waals surface area contributed by atoms with E-state index < -0.39 is 6.10 Å². The average Bonchev–Trinajstić information content (AvgIpc) is 2.50. The number of anilines is 1. The van der Waals surface area contributed by atoms with Crippen LogP contribution >= 0.6 is 0 Å². The Morgan fingerprint density at radius 1 is 1.19 bits per heavy atom. The minimum atomic E-state index is -0.497. The van der Waals surface area contributed by atoms with Gasteiger partial charge in [-0.1, -0.05) is 37.3 Å². The Kier molecular flexibility index (Phi) is 3.52. The smallest absolute Gasteiger partial charge is 0.268 e. The van der Waals surface area contributed by atoms with Crippen molar-refractivity contribution in [3.05, 3.63) is 54.1 Å². The number of rotatable bonds is 3. The van der Waals surface area contributed by atoms with Crippen molar-refractivity contribution in [1.82, 2.24) is 0 Å². The highest BCUT2D eigenvalue weighted by atomic mass is 16.5. The number of hydrogen-bond donors (Lipinski definition) is 1. The maximum Gasteiger partial charge on any atom is 0.268 e. The molecule has 1 aliphatic rings. The highest BCUT2D eigenvalue weighted by Crippen LogP contribution is 2.38. The molecule has 1 aliphatic heterocycles. The lowest BCUT2D eigenvalue weighted by Crippen LogP contribution is -2.45. The zero-order chi connectivity index (χ0) is 14.8. The van der Waals surface area contributed by atoms with E-state index in [9.17, 15) is 9.90 Å². The molecule has 4 nitrogen and oxygen atoms in total. The first-order valence-electron chi connectivity index (χ1n) is 7.04. The van der Waals surface area contributed by atoms with Gasteiger partial charge in [-0.3, -0.25) is 4.79 Å². The number of amides is 1. The monoisotopic (exact) mass is 283 g/mol. The molecule has 1 N–H and O–H groups in total.